The van der Waals surface area contributed by atoms with Crippen LogP contribution in [0.2, 0.25) is 0 Å². The molecule has 0 spiro atoms. The zero-order chi connectivity index (χ0) is 12.5. The molecule has 0 aliphatic carbocycles. The van der Waals surface area contributed by atoms with Crippen LogP contribution < -0.4 is 11.0 Å². The molecule has 3 rings (SSSR count). The molecule has 0 radical (unpaired) electrons. The monoisotopic (exact) mass is 241 g/mol. The molecule has 0 saturated heterocycles. The molecule has 2 aromatic rings. The average Bonchev–Trinajstić information content (AvgIpc) is 2.69. The Kier molecular flexibility index (Phi) is 2.44. The minimum absolute atomic E-state index is 0.244. The molecule has 1 aliphatic heterocycles. The number of carbonyl (C=O) groups is 1. The van der Waals surface area contributed by atoms with Gasteiger partial charge in [0, 0.05) is 12.6 Å². The van der Waals surface area contributed by atoms with Gasteiger partial charge in [0.1, 0.15) is 11.9 Å². The van der Waals surface area contributed by atoms with E-state index in [0.29, 0.717) is 12.2 Å². The molecule has 1 N–H and O–H groups in total. The van der Waals surface area contributed by atoms with Gasteiger partial charge in [-0.25, -0.2) is 14.3 Å². The second kappa shape index (κ2) is 4.10. The molecule has 90 valence electrons. The summed E-state index contributed by atoms with van der Waals surface area (Å²) in [5.74, 6) is 0.271. The summed E-state index contributed by atoms with van der Waals surface area (Å²) in [6.45, 7) is 0. The zero-order valence-electron chi connectivity index (χ0n) is 9.54. The van der Waals surface area contributed by atoms with E-state index in [9.17, 15) is 9.59 Å². The van der Waals surface area contributed by atoms with Gasteiger partial charge in [0.25, 0.3) is 5.91 Å². The van der Waals surface area contributed by atoms with Gasteiger partial charge in [-0.2, -0.15) is 0 Å². The topological polar surface area (TPSA) is 64.0 Å². The maximum atomic E-state index is 12.1. The molecular weight excluding hydrogens is 230 g/mol. The van der Waals surface area contributed by atoms with Gasteiger partial charge in [0.15, 0.2) is 0 Å². The first kappa shape index (κ1) is 10.7. The SMILES string of the molecule is O=C1[C@H](Cc2ccccc2)Nc2ccnc(=O)n21. The molecule has 5 heteroatoms. The van der Waals surface area contributed by atoms with Crippen LogP contribution in [0.1, 0.15) is 10.4 Å². The highest BCUT2D eigenvalue weighted by atomic mass is 16.2. The standard InChI is InChI=1S/C13H11N3O2/c17-12-10(8-9-4-2-1-3-5-9)15-11-6-7-14-13(18)16(11)12/h1-7,10,15H,8H2/t10-/m0/s1. The van der Waals surface area contributed by atoms with E-state index in [1.165, 1.54) is 6.20 Å². The van der Waals surface area contributed by atoms with Gasteiger partial charge in [0.2, 0.25) is 0 Å². The molecule has 1 aromatic heterocycles. The molecule has 0 saturated carbocycles. The summed E-state index contributed by atoms with van der Waals surface area (Å²) in [6, 6.07) is 10.9. The van der Waals surface area contributed by atoms with E-state index < -0.39 is 11.7 Å². The minimum atomic E-state index is -0.527. The van der Waals surface area contributed by atoms with Crippen LogP contribution in [-0.4, -0.2) is 21.5 Å². The van der Waals surface area contributed by atoms with Crippen LogP contribution in [0.3, 0.4) is 0 Å². The second-order valence-electron chi connectivity index (χ2n) is 4.17. The number of rotatable bonds is 2. The van der Waals surface area contributed by atoms with E-state index in [4.69, 9.17) is 0 Å². The van der Waals surface area contributed by atoms with E-state index in [0.717, 1.165) is 10.1 Å². The van der Waals surface area contributed by atoms with Crippen molar-refractivity contribution in [2.45, 2.75) is 12.5 Å². The summed E-state index contributed by atoms with van der Waals surface area (Å²) in [6.07, 6.45) is 1.96. The summed E-state index contributed by atoms with van der Waals surface area (Å²) in [5.41, 5.74) is 0.526. The fraction of sp³-hybridized carbons (Fsp3) is 0.154. The first-order valence-electron chi connectivity index (χ1n) is 5.68. The third-order valence-corrected chi connectivity index (χ3v) is 2.97. The Balaban J connectivity index is 1.89. The predicted molar refractivity (Wildman–Crippen MR) is 66.7 cm³/mol. The summed E-state index contributed by atoms with van der Waals surface area (Å²) in [4.78, 5) is 27.2. The lowest BCUT2D eigenvalue weighted by Crippen LogP contribution is -2.32. The molecule has 1 atom stereocenters. The van der Waals surface area contributed by atoms with Crippen LogP contribution in [0.15, 0.2) is 47.4 Å². The van der Waals surface area contributed by atoms with E-state index in [-0.39, 0.29) is 5.91 Å². The Morgan fingerprint density at radius 3 is 2.67 bits per heavy atom. The number of benzene rings is 1. The van der Waals surface area contributed by atoms with Crippen molar-refractivity contribution in [1.82, 2.24) is 9.55 Å². The summed E-state index contributed by atoms with van der Waals surface area (Å²) in [5, 5.41) is 3.05. The second-order valence-corrected chi connectivity index (χ2v) is 4.17. The van der Waals surface area contributed by atoms with Gasteiger partial charge in [-0.3, -0.25) is 4.79 Å². The number of fused-ring (bicyclic) bond motifs is 1. The minimum Gasteiger partial charge on any atom is -0.359 e. The number of nitrogens with zero attached hydrogens (tertiary/aromatic N) is 2. The Morgan fingerprint density at radius 2 is 1.94 bits per heavy atom. The van der Waals surface area contributed by atoms with Crippen molar-refractivity contribution in [3.05, 3.63) is 58.6 Å². The molecule has 5 nitrogen and oxygen atoms in total. The molecule has 0 amide bonds. The van der Waals surface area contributed by atoms with Gasteiger partial charge < -0.3 is 5.32 Å². The molecular formula is C13H11N3O2. The highest BCUT2D eigenvalue weighted by Crippen LogP contribution is 2.17. The first-order valence-corrected chi connectivity index (χ1v) is 5.68. The largest absolute Gasteiger partial charge is 0.359 e. The third kappa shape index (κ3) is 1.69. The fourth-order valence-corrected chi connectivity index (χ4v) is 2.12. The zero-order valence-corrected chi connectivity index (χ0v) is 9.54. The molecule has 18 heavy (non-hydrogen) atoms. The van der Waals surface area contributed by atoms with Gasteiger partial charge in [-0.15, -0.1) is 0 Å². The predicted octanol–water partition coefficient (Wildman–Crippen LogP) is 0.920. The van der Waals surface area contributed by atoms with Gasteiger partial charge in [-0.05, 0) is 11.6 Å². The highest BCUT2D eigenvalue weighted by molar-refractivity contribution is 5.93. The van der Waals surface area contributed by atoms with Crippen LogP contribution in [0.5, 0.6) is 0 Å². The Labute approximate surface area is 103 Å². The smallest absolute Gasteiger partial charge is 0.356 e. The normalized spacial score (nSPS) is 17.3. The molecule has 0 bridgehead atoms. The molecule has 0 unspecified atom stereocenters. The maximum Gasteiger partial charge on any atom is 0.356 e. The number of nitrogens with one attached hydrogen (secondary N) is 1. The highest BCUT2D eigenvalue weighted by Gasteiger charge is 2.30. The van der Waals surface area contributed by atoms with Crippen molar-refractivity contribution in [2.75, 3.05) is 5.32 Å². The van der Waals surface area contributed by atoms with Crippen molar-refractivity contribution in [1.29, 1.82) is 0 Å². The molecule has 0 fully saturated rings. The Morgan fingerprint density at radius 1 is 1.17 bits per heavy atom. The molecule has 1 aromatic carbocycles. The Hall–Kier alpha value is -2.43. The van der Waals surface area contributed by atoms with Crippen molar-refractivity contribution < 1.29 is 4.79 Å². The third-order valence-electron chi connectivity index (χ3n) is 2.97. The summed E-state index contributed by atoms with van der Waals surface area (Å²) >= 11 is 0. The van der Waals surface area contributed by atoms with Crippen LogP contribution in [-0.2, 0) is 6.42 Å². The van der Waals surface area contributed by atoms with Crippen molar-refractivity contribution in [3.8, 4) is 0 Å². The molecule has 1 aliphatic rings. The number of aromatic nitrogens is 2. The van der Waals surface area contributed by atoms with Crippen LogP contribution in [0.25, 0.3) is 0 Å². The number of anilines is 1. The number of carbonyl (C=O) groups excluding carboxylic acids is 1. The van der Waals surface area contributed by atoms with Crippen LogP contribution in [0, 0.1) is 0 Å². The fourth-order valence-electron chi connectivity index (χ4n) is 2.12. The van der Waals surface area contributed by atoms with Crippen LogP contribution >= 0.6 is 0 Å². The summed E-state index contributed by atoms with van der Waals surface area (Å²) in [7, 11) is 0. The van der Waals surface area contributed by atoms with Gasteiger partial charge in [-0.1, -0.05) is 30.3 Å². The van der Waals surface area contributed by atoms with E-state index >= 15 is 0 Å². The summed E-state index contributed by atoms with van der Waals surface area (Å²) < 4.78 is 1.09. The maximum absolute atomic E-state index is 12.1. The van der Waals surface area contributed by atoms with Crippen LogP contribution in [0.4, 0.5) is 5.82 Å². The van der Waals surface area contributed by atoms with E-state index in [1.54, 1.807) is 6.07 Å². The van der Waals surface area contributed by atoms with Crippen molar-refractivity contribution >= 4 is 11.7 Å². The first-order chi connectivity index (χ1) is 8.75. The average molecular weight is 241 g/mol. The van der Waals surface area contributed by atoms with E-state index in [2.05, 4.69) is 10.3 Å². The Bertz CT molecular complexity index is 649. The van der Waals surface area contributed by atoms with Crippen molar-refractivity contribution in [2.24, 2.45) is 0 Å². The lowest BCUT2D eigenvalue weighted by atomic mass is 10.1. The molecule has 2 heterocycles. The quantitative estimate of drug-likeness (QED) is 0.849. The van der Waals surface area contributed by atoms with Crippen molar-refractivity contribution in [3.63, 3.8) is 0 Å². The lowest BCUT2D eigenvalue weighted by Gasteiger charge is -2.07. The lowest BCUT2D eigenvalue weighted by molar-refractivity contribution is 0.0903. The number of hydrogen-bond acceptors (Lipinski definition) is 4. The van der Waals surface area contributed by atoms with Gasteiger partial charge in [0.05, 0.1) is 0 Å². The van der Waals surface area contributed by atoms with Gasteiger partial charge >= 0.3 is 5.69 Å². The number of hydrogen-bond donors (Lipinski definition) is 1. The van der Waals surface area contributed by atoms with E-state index in [1.807, 2.05) is 30.3 Å².